The average Bonchev–Trinajstić information content (AvgIpc) is 2.43. The van der Waals surface area contributed by atoms with E-state index in [1.807, 2.05) is 6.92 Å². The molecule has 0 aliphatic rings. The summed E-state index contributed by atoms with van der Waals surface area (Å²) in [6, 6.07) is 0. The molecule has 0 amide bonds. The van der Waals surface area contributed by atoms with E-state index in [2.05, 4.69) is 6.92 Å². The fraction of sp³-hybridized carbons (Fsp3) is 1.00. The minimum Gasteiger partial charge on any atom is -0.313 e. The van der Waals surface area contributed by atoms with Crippen molar-refractivity contribution in [2.75, 3.05) is 0 Å². The molecule has 2 N–H and O–H groups in total. The van der Waals surface area contributed by atoms with Gasteiger partial charge in [0.2, 0.25) is 0 Å². The molecular formula is C15H33NNaO3S. The minimum absolute atomic E-state index is 0. The summed E-state index contributed by atoms with van der Waals surface area (Å²) in [7, 11) is -3.60. The Hall–Kier alpha value is 0.870. The van der Waals surface area contributed by atoms with E-state index in [0.717, 1.165) is 19.3 Å². The number of rotatable bonds is 13. The number of unbranched alkanes of at least 4 members (excludes halogenated alkanes) is 6. The molecule has 0 aromatic carbocycles. The fourth-order valence-corrected chi connectivity index (χ4v) is 3.28. The van der Waals surface area contributed by atoms with Crippen molar-refractivity contribution in [3.05, 3.63) is 0 Å². The van der Waals surface area contributed by atoms with Crippen LogP contribution >= 0.6 is 0 Å². The molecule has 0 aromatic rings. The summed E-state index contributed by atoms with van der Waals surface area (Å²) in [5, 5.41) is -0.898. The largest absolute Gasteiger partial charge is 0.313 e. The van der Waals surface area contributed by atoms with Crippen LogP contribution in [0.5, 0.6) is 0 Å². The summed E-state index contributed by atoms with van der Waals surface area (Å²) in [5.74, 6) is 0. The second kappa shape index (κ2) is 14.5. The Balaban J connectivity index is 0. The average molecular weight is 330 g/mol. The van der Waals surface area contributed by atoms with E-state index in [1.54, 1.807) is 6.92 Å². The van der Waals surface area contributed by atoms with E-state index < -0.39 is 15.5 Å². The Morgan fingerprint density at radius 1 is 0.905 bits per heavy atom. The van der Waals surface area contributed by atoms with Gasteiger partial charge in [0.1, 0.15) is 5.37 Å². The third-order valence-electron chi connectivity index (χ3n) is 3.63. The number of nitrogens with two attached hydrogens (primary N) is 1. The topological polar surface area (TPSA) is 69.4 Å². The summed E-state index contributed by atoms with van der Waals surface area (Å²) >= 11 is 0. The predicted octanol–water partition coefficient (Wildman–Crippen LogP) is 3.57. The quantitative estimate of drug-likeness (QED) is 0.318. The Morgan fingerprint density at radius 3 is 1.90 bits per heavy atom. The second-order valence-electron chi connectivity index (χ2n) is 5.48. The first kappa shape index (κ1) is 24.1. The van der Waals surface area contributed by atoms with Crippen LogP contribution in [0.25, 0.3) is 0 Å². The van der Waals surface area contributed by atoms with Crippen molar-refractivity contribution in [2.24, 2.45) is 5.73 Å². The molecule has 0 bridgehead atoms. The smallest absolute Gasteiger partial charge is 0.283 e. The van der Waals surface area contributed by atoms with Crippen LogP contribution in [0.3, 0.4) is 0 Å². The zero-order valence-corrected chi connectivity index (χ0v) is 17.3. The molecule has 0 aromatic heterocycles. The van der Waals surface area contributed by atoms with Crippen LogP contribution in [0.1, 0.15) is 85.0 Å². The molecule has 2 atom stereocenters. The van der Waals surface area contributed by atoms with Crippen molar-refractivity contribution in [2.45, 2.75) is 96.5 Å². The maximum absolute atomic E-state index is 11.8. The summed E-state index contributed by atoms with van der Waals surface area (Å²) in [6.45, 7) is 5.92. The van der Waals surface area contributed by atoms with Gasteiger partial charge < -0.3 is 5.73 Å². The molecule has 0 aliphatic heterocycles. The summed E-state index contributed by atoms with van der Waals surface area (Å²) in [5.41, 5.74) is 5.56. The SMILES string of the molecule is CCCCCCCCCC(CC)OS(=O)(=O)C(N)CC.[Na]. The molecule has 21 heavy (non-hydrogen) atoms. The van der Waals surface area contributed by atoms with Gasteiger partial charge in [-0.1, -0.05) is 65.7 Å². The van der Waals surface area contributed by atoms with Gasteiger partial charge in [0, 0.05) is 29.6 Å². The van der Waals surface area contributed by atoms with Gasteiger partial charge in [-0.25, -0.2) is 0 Å². The van der Waals surface area contributed by atoms with Crippen LogP contribution < -0.4 is 5.73 Å². The van der Waals surface area contributed by atoms with Gasteiger partial charge in [0.15, 0.2) is 0 Å². The fourth-order valence-electron chi connectivity index (χ4n) is 2.11. The molecule has 0 saturated heterocycles. The summed E-state index contributed by atoms with van der Waals surface area (Å²) < 4.78 is 28.8. The van der Waals surface area contributed by atoms with E-state index in [9.17, 15) is 8.42 Å². The van der Waals surface area contributed by atoms with Crippen LogP contribution in [-0.2, 0) is 14.3 Å². The Kier molecular flexibility index (Phi) is 16.6. The molecule has 2 unspecified atom stereocenters. The Labute approximate surface area is 154 Å². The zero-order valence-electron chi connectivity index (χ0n) is 14.4. The molecule has 0 saturated carbocycles. The van der Waals surface area contributed by atoms with Gasteiger partial charge in [-0.05, 0) is 19.3 Å². The Bertz CT molecular complexity index is 323. The molecule has 0 fully saturated rings. The van der Waals surface area contributed by atoms with Crippen molar-refractivity contribution >= 4 is 39.7 Å². The normalized spacial score (nSPS) is 14.5. The molecule has 6 heteroatoms. The van der Waals surface area contributed by atoms with Gasteiger partial charge in [-0.3, -0.25) is 4.18 Å². The van der Waals surface area contributed by atoms with Crippen LogP contribution in [0.4, 0.5) is 0 Å². The first-order valence-electron chi connectivity index (χ1n) is 8.15. The van der Waals surface area contributed by atoms with E-state index in [-0.39, 0.29) is 35.7 Å². The first-order chi connectivity index (χ1) is 9.47. The summed E-state index contributed by atoms with van der Waals surface area (Å²) in [4.78, 5) is 0. The third-order valence-corrected chi connectivity index (χ3v) is 5.24. The van der Waals surface area contributed by atoms with Crippen LogP contribution in [0.15, 0.2) is 0 Å². The van der Waals surface area contributed by atoms with Crippen molar-refractivity contribution in [1.82, 2.24) is 0 Å². The zero-order chi connectivity index (χ0) is 15.4. The maximum Gasteiger partial charge on any atom is 0.283 e. The molecule has 1 radical (unpaired) electrons. The van der Waals surface area contributed by atoms with Gasteiger partial charge in [0.25, 0.3) is 10.1 Å². The van der Waals surface area contributed by atoms with Crippen molar-refractivity contribution in [3.8, 4) is 0 Å². The van der Waals surface area contributed by atoms with E-state index in [1.165, 1.54) is 32.1 Å². The molecule has 4 nitrogen and oxygen atoms in total. The third kappa shape index (κ3) is 12.0. The van der Waals surface area contributed by atoms with Crippen LogP contribution in [0, 0.1) is 0 Å². The monoisotopic (exact) mass is 330 g/mol. The second-order valence-corrected chi connectivity index (χ2v) is 7.26. The molecule has 0 rings (SSSR count). The predicted molar refractivity (Wildman–Crippen MR) is 90.7 cm³/mol. The molecule has 0 heterocycles. The van der Waals surface area contributed by atoms with Gasteiger partial charge in [-0.2, -0.15) is 8.42 Å². The molecule has 123 valence electrons. The molecule has 0 spiro atoms. The van der Waals surface area contributed by atoms with Crippen molar-refractivity contribution < 1.29 is 12.6 Å². The molecule has 0 aliphatic carbocycles. The number of hydrogen-bond donors (Lipinski definition) is 1. The van der Waals surface area contributed by atoms with Gasteiger partial charge in [-0.15, -0.1) is 0 Å². The molecular weight excluding hydrogens is 297 g/mol. The minimum atomic E-state index is -3.60. The van der Waals surface area contributed by atoms with E-state index >= 15 is 0 Å². The van der Waals surface area contributed by atoms with Crippen LogP contribution in [-0.4, -0.2) is 49.5 Å². The van der Waals surface area contributed by atoms with Crippen molar-refractivity contribution in [1.29, 1.82) is 0 Å². The van der Waals surface area contributed by atoms with Gasteiger partial charge >= 0.3 is 0 Å². The van der Waals surface area contributed by atoms with Crippen molar-refractivity contribution in [3.63, 3.8) is 0 Å². The van der Waals surface area contributed by atoms with Crippen LogP contribution in [0.2, 0.25) is 0 Å². The maximum atomic E-state index is 11.8. The first-order valence-corrected chi connectivity index (χ1v) is 9.62. The van der Waals surface area contributed by atoms with E-state index in [0.29, 0.717) is 12.8 Å². The standard InChI is InChI=1S/C15H33NO3S.Na/c1-4-7-8-9-10-11-12-13-14(5-2)19-20(17,18)15(16)6-3;/h14-15H,4-13,16H2,1-3H3;. The number of hydrogen-bond acceptors (Lipinski definition) is 4. The van der Waals surface area contributed by atoms with Gasteiger partial charge in [0.05, 0.1) is 6.10 Å². The summed E-state index contributed by atoms with van der Waals surface area (Å²) in [6.07, 6.45) is 10.3. The van der Waals surface area contributed by atoms with E-state index in [4.69, 9.17) is 9.92 Å². The Morgan fingerprint density at radius 2 is 1.43 bits per heavy atom.